The summed E-state index contributed by atoms with van der Waals surface area (Å²) in [5, 5.41) is 11.5. The summed E-state index contributed by atoms with van der Waals surface area (Å²) in [7, 11) is 0. The standard InChI is InChI=1S/C22H17F2N5OS/c1-14-2-5-17(6-3-14)29-21(15-8-10-25-11-9-15)27-28-22(29)31-13-20(30)26-19-7-4-16(23)12-18(19)24/h2-12H,13H2,1H3,(H,26,30). The number of benzene rings is 2. The van der Waals surface area contributed by atoms with Crippen LogP contribution in [0.4, 0.5) is 14.5 Å². The smallest absolute Gasteiger partial charge is 0.234 e. The molecule has 4 rings (SSSR count). The SMILES string of the molecule is Cc1ccc(-n2c(SCC(=O)Nc3ccc(F)cc3F)nnc2-c2ccncc2)cc1. The molecule has 0 radical (unpaired) electrons. The van der Waals surface area contributed by atoms with Gasteiger partial charge in [0.1, 0.15) is 11.6 Å². The van der Waals surface area contributed by atoms with Crippen molar-refractivity contribution in [3.63, 3.8) is 0 Å². The fourth-order valence-electron chi connectivity index (χ4n) is 2.89. The minimum absolute atomic E-state index is 0.0306. The number of thioether (sulfide) groups is 1. The summed E-state index contributed by atoms with van der Waals surface area (Å²) in [4.78, 5) is 16.4. The minimum Gasteiger partial charge on any atom is -0.323 e. The quantitative estimate of drug-likeness (QED) is 0.445. The van der Waals surface area contributed by atoms with Crippen molar-refractivity contribution in [2.75, 3.05) is 11.1 Å². The Morgan fingerprint density at radius 3 is 2.48 bits per heavy atom. The molecule has 2 aromatic carbocycles. The Kier molecular flexibility index (Phi) is 6.03. The average molecular weight is 437 g/mol. The number of pyridine rings is 1. The molecule has 6 nitrogen and oxygen atoms in total. The molecule has 156 valence electrons. The Balaban J connectivity index is 1.58. The maximum Gasteiger partial charge on any atom is 0.234 e. The molecule has 31 heavy (non-hydrogen) atoms. The van der Waals surface area contributed by atoms with Gasteiger partial charge < -0.3 is 5.32 Å². The number of rotatable bonds is 6. The molecule has 0 saturated heterocycles. The average Bonchev–Trinajstić information content (AvgIpc) is 3.19. The molecule has 1 amide bonds. The van der Waals surface area contributed by atoms with Crippen LogP contribution in [0, 0.1) is 18.6 Å². The van der Waals surface area contributed by atoms with E-state index in [1.165, 1.54) is 6.07 Å². The van der Waals surface area contributed by atoms with E-state index in [0.29, 0.717) is 11.0 Å². The highest BCUT2D eigenvalue weighted by Gasteiger charge is 2.18. The van der Waals surface area contributed by atoms with Crippen LogP contribution >= 0.6 is 11.8 Å². The second-order valence-electron chi connectivity index (χ2n) is 6.67. The van der Waals surface area contributed by atoms with Crippen molar-refractivity contribution < 1.29 is 13.6 Å². The van der Waals surface area contributed by atoms with Crippen molar-refractivity contribution in [2.45, 2.75) is 12.1 Å². The molecule has 0 aliphatic rings. The fourth-order valence-corrected chi connectivity index (χ4v) is 3.64. The lowest BCUT2D eigenvalue weighted by Gasteiger charge is -2.11. The molecule has 0 aliphatic carbocycles. The van der Waals surface area contributed by atoms with Gasteiger partial charge in [-0.05, 0) is 43.3 Å². The van der Waals surface area contributed by atoms with Gasteiger partial charge in [-0.25, -0.2) is 8.78 Å². The highest BCUT2D eigenvalue weighted by Crippen LogP contribution is 2.28. The second-order valence-corrected chi connectivity index (χ2v) is 7.62. The van der Waals surface area contributed by atoms with Gasteiger partial charge >= 0.3 is 0 Å². The van der Waals surface area contributed by atoms with Crippen LogP contribution in [0.1, 0.15) is 5.56 Å². The molecule has 2 heterocycles. The van der Waals surface area contributed by atoms with Gasteiger partial charge in [-0.3, -0.25) is 14.3 Å². The number of nitrogens with one attached hydrogen (secondary N) is 1. The number of aryl methyl sites for hydroxylation is 1. The monoisotopic (exact) mass is 437 g/mol. The number of carbonyl (C=O) groups is 1. The van der Waals surface area contributed by atoms with E-state index >= 15 is 0 Å². The normalized spacial score (nSPS) is 10.8. The number of amides is 1. The summed E-state index contributed by atoms with van der Waals surface area (Å²) < 4.78 is 28.7. The molecule has 0 bridgehead atoms. The maximum atomic E-state index is 13.8. The van der Waals surface area contributed by atoms with Gasteiger partial charge in [-0.1, -0.05) is 29.5 Å². The van der Waals surface area contributed by atoms with Gasteiger partial charge in [0.15, 0.2) is 11.0 Å². The van der Waals surface area contributed by atoms with E-state index in [0.717, 1.165) is 40.7 Å². The van der Waals surface area contributed by atoms with Crippen LogP contribution in [-0.4, -0.2) is 31.4 Å². The summed E-state index contributed by atoms with van der Waals surface area (Å²) in [5.74, 6) is -1.41. The zero-order valence-corrected chi connectivity index (χ0v) is 17.2. The van der Waals surface area contributed by atoms with Crippen LogP contribution in [0.2, 0.25) is 0 Å². The topological polar surface area (TPSA) is 72.7 Å². The summed E-state index contributed by atoms with van der Waals surface area (Å²) in [6.07, 6.45) is 3.34. The van der Waals surface area contributed by atoms with Crippen molar-refractivity contribution in [1.29, 1.82) is 0 Å². The van der Waals surface area contributed by atoms with Crippen molar-refractivity contribution >= 4 is 23.4 Å². The Morgan fingerprint density at radius 2 is 1.77 bits per heavy atom. The first kappa shape index (κ1) is 20.7. The number of nitrogens with zero attached hydrogens (tertiary/aromatic N) is 4. The lowest BCUT2D eigenvalue weighted by Crippen LogP contribution is -2.15. The predicted octanol–water partition coefficient (Wildman–Crippen LogP) is 4.65. The highest BCUT2D eigenvalue weighted by atomic mass is 32.2. The minimum atomic E-state index is -0.832. The van der Waals surface area contributed by atoms with Gasteiger partial charge in [-0.2, -0.15) is 0 Å². The summed E-state index contributed by atoms with van der Waals surface area (Å²) in [6.45, 7) is 1.99. The zero-order chi connectivity index (χ0) is 21.8. The molecule has 0 aliphatic heterocycles. The molecule has 4 aromatic rings. The van der Waals surface area contributed by atoms with E-state index in [9.17, 15) is 13.6 Å². The van der Waals surface area contributed by atoms with E-state index in [1.807, 2.05) is 47.9 Å². The largest absolute Gasteiger partial charge is 0.323 e. The number of hydrogen-bond acceptors (Lipinski definition) is 5. The molecule has 0 fully saturated rings. The van der Waals surface area contributed by atoms with Crippen LogP contribution in [-0.2, 0) is 4.79 Å². The fraction of sp³-hybridized carbons (Fsp3) is 0.0909. The second kappa shape index (κ2) is 9.05. The third-order valence-corrected chi connectivity index (χ3v) is 5.33. The first-order chi connectivity index (χ1) is 15.0. The van der Waals surface area contributed by atoms with Crippen LogP contribution in [0.5, 0.6) is 0 Å². The Labute approximate surface area is 181 Å². The molecular formula is C22H17F2N5OS. The number of hydrogen-bond donors (Lipinski definition) is 1. The molecule has 1 N–H and O–H groups in total. The van der Waals surface area contributed by atoms with Crippen LogP contribution < -0.4 is 5.32 Å². The molecular weight excluding hydrogens is 420 g/mol. The van der Waals surface area contributed by atoms with E-state index in [2.05, 4.69) is 20.5 Å². The Hall–Kier alpha value is -3.59. The lowest BCUT2D eigenvalue weighted by molar-refractivity contribution is -0.113. The molecule has 0 spiro atoms. The van der Waals surface area contributed by atoms with Crippen LogP contribution in [0.25, 0.3) is 17.1 Å². The van der Waals surface area contributed by atoms with E-state index in [1.54, 1.807) is 12.4 Å². The van der Waals surface area contributed by atoms with Crippen molar-refractivity contribution in [3.8, 4) is 17.1 Å². The van der Waals surface area contributed by atoms with E-state index < -0.39 is 17.5 Å². The first-order valence-electron chi connectivity index (χ1n) is 9.32. The summed E-state index contributed by atoms with van der Waals surface area (Å²) in [6, 6.07) is 14.5. The van der Waals surface area contributed by atoms with Gasteiger partial charge in [0, 0.05) is 29.7 Å². The van der Waals surface area contributed by atoms with E-state index in [-0.39, 0.29) is 11.4 Å². The third kappa shape index (κ3) is 4.77. The Bertz CT molecular complexity index is 1210. The van der Waals surface area contributed by atoms with Gasteiger partial charge in [0.05, 0.1) is 11.4 Å². The van der Waals surface area contributed by atoms with Gasteiger partial charge in [-0.15, -0.1) is 10.2 Å². The maximum absolute atomic E-state index is 13.8. The molecule has 0 atom stereocenters. The molecule has 0 unspecified atom stereocenters. The van der Waals surface area contributed by atoms with Crippen molar-refractivity contribution in [2.24, 2.45) is 0 Å². The summed E-state index contributed by atoms with van der Waals surface area (Å²) >= 11 is 1.16. The van der Waals surface area contributed by atoms with Crippen LogP contribution in [0.15, 0.2) is 72.1 Å². The number of carbonyl (C=O) groups excluding carboxylic acids is 1. The van der Waals surface area contributed by atoms with Crippen LogP contribution in [0.3, 0.4) is 0 Å². The molecule has 0 saturated carbocycles. The number of halogens is 2. The Morgan fingerprint density at radius 1 is 1.03 bits per heavy atom. The van der Waals surface area contributed by atoms with Gasteiger partial charge in [0.2, 0.25) is 5.91 Å². The van der Waals surface area contributed by atoms with E-state index in [4.69, 9.17) is 0 Å². The lowest BCUT2D eigenvalue weighted by atomic mass is 10.2. The third-order valence-electron chi connectivity index (χ3n) is 4.40. The predicted molar refractivity (Wildman–Crippen MR) is 115 cm³/mol. The number of anilines is 1. The zero-order valence-electron chi connectivity index (χ0n) is 16.4. The van der Waals surface area contributed by atoms with Gasteiger partial charge in [0.25, 0.3) is 0 Å². The first-order valence-corrected chi connectivity index (χ1v) is 10.3. The summed E-state index contributed by atoms with van der Waals surface area (Å²) in [5.41, 5.74) is 2.70. The van der Waals surface area contributed by atoms with Crippen molar-refractivity contribution in [1.82, 2.24) is 19.7 Å². The van der Waals surface area contributed by atoms with Crippen molar-refractivity contribution in [3.05, 3.63) is 84.2 Å². The highest BCUT2D eigenvalue weighted by molar-refractivity contribution is 7.99. The number of aromatic nitrogens is 4. The molecule has 2 aromatic heterocycles. The molecule has 9 heteroatoms.